The van der Waals surface area contributed by atoms with Gasteiger partial charge >= 0.3 is 0 Å². The Morgan fingerprint density at radius 3 is 2.55 bits per heavy atom. The molecule has 8 heteroatoms. The van der Waals surface area contributed by atoms with Crippen LogP contribution in [0, 0.1) is 6.92 Å². The molecule has 0 fully saturated rings. The zero-order valence-electron chi connectivity index (χ0n) is 15.7. The first-order valence-corrected chi connectivity index (χ1v) is 9.73. The van der Waals surface area contributed by atoms with Crippen molar-refractivity contribution in [3.8, 4) is 5.69 Å². The lowest BCUT2D eigenvalue weighted by molar-refractivity contribution is 0.730. The lowest BCUT2D eigenvalue weighted by atomic mass is 10.2. The number of anilines is 1. The fourth-order valence-electron chi connectivity index (χ4n) is 3.16. The first-order chi connectivity index (χ1) is 14.0. The number of aromatic nitrogens is 4. The Balaban J connectivity index is 1.93. The van der Waals surface area contributed by atoms with E-state index in [1.165, 1.54) is 0 Å². The lowest BCUT2D eigenvalue weighted by Crippen LogP contribution is -2.27. The molecule has 2 aromatic heterocycles. The van der Waals surface area contributed by atoms with Gasteiger partial charge in [0, 0.05) is 11.8 Å². The van der Waals surface area contributed by atoms with Crippen molar-refractivity contribution in [3.63, 3.8) is 0 Å². The third-order valence-electron chi connectivity index (χ3n) is 4.57. The minimum Gasteiger partial charge on any atom is -0.360 e. The van der Waals surface area contributed by atoms with Crippen molar-refractivity contribution in [2.45, 2.75) is 19.9 Å². The van der Waals surface area contributed by atoms with Gasteiger partial charge in [-0.3, -0.25) is 9.36 Å². The molecule has 1 atom stereocenters. The van der Waals surface area contributed by atoms with Crippen molar-refractivity contribution in [2.24, 2.45) is 0 Å². The molecule has 2 heterocycles. The van der Waals surface area contributed by atoms with Crippen LogP contribution >= 0.6 is 23.2 Å². The summed E-state index contributed by atoms with van der Waals surface area (Å²) in [4.78, 5) is 26.4. The molecule has 2 aromatic carbocycles. The van der Waals surface area contributed by atoms with Crippen LogP contribution in [0.5, 0.6) is 0 Å². The van der Waals surface area contributed by atoms with Gasteiger partial charge in [-0.2, -0.15) is 0 Å². The van der Waals surface area contributed by atoms with Crippen molar-refractivity contribution < 1.29 is 0 Å². The Morgan fingerprint density at radius 2 is 1.79 bits per heavy atom. The van der Waals surface area contributed by atoms with Crippen molar-refractivity contribution in [2.75, 3.05) is 5.32 Å². The smallest absolute Gasteiger partial charge is 0.267 e. The molecule has 0 aliphatic carbocycles. The highest BCUT2D eigenvalue weighted by Crippen LogP contribution is 2.25. The van der Waals surface area contributed by atoms with Crippen LogP contribution in [-0.4, -0.2) is 19.5 Å². The van der Waals surface area contributed by atoms with Crippen molar-refractivity contribution >= 4 is 39.9 Å². The van der Waals surface area contributed by atoms with E-state index in [-0.39, 0.29) is 16.9 Å². The third kappa shape index (κ3) is 3.69. The van der Waals surface area contributed by atoms with Crippen LogP contribution in [0.3, 0.4) is 0 Å². The van der Waals surface area contributed by atoms with E-state index in [0.29, 0.717) is 33.3 Å². The molecule has 0 amide bonds. The molecule has 4 rings (SSSR count). The largest absolute Gasteiger partial charge is 0.360 e. The minimum absolute atomic E-state index is 0.143. The molecular formula is C21H17Cl2N5O. The number of benzene rings is 2. The average Bonchev–Trinajstić information content (AvgIpc) is 2.71. The van der Waals surface area contributed by atoms with Gasteiger partial charge in [0.1, 0.15) is 11.6 Å². The third-order valence-corrected chi connectivity index (χ3v) is 5.07. The molecule has 0 saturated carbocycles. The summed E-state index contributed by atoms with van der Waals surface area (Å²) in [7, 11) is 0. The molecule has 1 unspecified atom stereocenters. The summed E-state index contributed by atoms with van der Waals surface area (Å²) in [6, 6.07) is 14.2. The topological polar surface area (TPSA) is 72.7 Å². The van der Waals surface area contributed by atoms with E-state index in [2.05, 4.69) is 15.3 Å². The number of aryl methyl sites for hydroxylation is 1. The predicted molar refractivity (Wildman–Crippen MR) is 116 cm³/mol. The Kier molecular flexibility index (Phi) is 5.22. The lowest BCUT2D eigenvalue weighted by Gasteiger charge is -2.21. The highest BCUT2D eigenvalue weighted by Gasteiger charge is 2.20. The van der Waals surface area contributed by atoms with Gasteiger partial charge in [0.25, 0.3) is 5.56 Å². The molecular weight excluding hydrogens is 409 g/mol. The maximum Gasteiger partial charge on any atom is 0.267 e. The molecule has 1 N–H and O–H groups in total. The van der Waals surface area contributed by atoms with E-state index in [1.807, 2.05) is 44.2 Å². The maximum absolute atomic E-state index is 13.4. The molecule has 0 radical (unpaired) electrons. The molecule has 0 aliphatic rings. The van der Waals surface area contributed by atoms with Gasteiger partial charge in [-0.25, -0.2) is 15.0 Å². The summed E-state index contributed by atoms with van der Waals surface area (Å²) < 4.78 is 1.57. The van der Waals surface area contributed by atoms with Crippen molar-refractivity contribution in [1.82, 2.24) is 19.5 Å². The molecule has 146 valence electrons. The quantitative estimate of drug-likeness (QED) is 0.467. The van der Waals surface area contributed by atoms with E-state index in [1.54, 1.807) is 29.0 Å². The maximum atomic E-state index is 13.4. The van der Waals surface area contributed by atoms with Crippen LogP contribution < -0.4 is 10.9 Å². The number of para-hydroxylation sites is 1. The van der Waals surface area contributed by atoms with Crippen LogP contribution in [0.4, 0.5) is 5.82 Å². The van der Waals surface area contributed by atoms with Crippen molar-refractivity contribution in [3.05, 3.63) is 86.8 Å². The standard InChI is InChI=1S/C21H17Cl2N5O/c1-12-11-24-21(23)27-18(12)25-13(2)19-26-16-10-6-9-15(22)17(16)20(29)28(19)14-7-4-3-5-8-14/h3-11,13H,1-2H3,(H,24,25,27). The van der Waals surface area contributed by atoms with Crippen LogP contribution in [0.15, 0.2) is 59.5 Å². The number of hydrogen-bond donors (Lipinski definition) is 1. The van der Waals surface area contributed by atoms with Gasteiger partial charge in [0.2, 0.25) is 5.28 Å². The van der Waals surface area contributed by atoms with E-state index in [4.69, 9.17) is 28.2 Å². The van der Waals surface area contributed by atoms with Crippen LogP contribution in [-0.2, 0) is 0 Å². The van der Waals surface area contributed by atoms with Crippen LogP contribution in [0.2, 0.25) is 10.3 Å². The monoisotopic (exact) mass is 425 g/mol. The summed E-state index contributed by atoms with van der Waals surface area (Å²) in [6.07, 6.45) is 1.64. The van der Waals surface area contributed by atoms with Gasteiger partial charge < -0.3 is 5.32 Å². The number of nitrogens with one attached hydrogen (secondary N) is 1. The second-order valence-electron chi connectivity index (χ2n) is 6.62. The molecule has 29 heavy (non-hydrogen) atoms. The summed E-state index contributed by atoms with van der Waals surface area (Å²) in [6.45, 7) is 3.79. The van der Waals surface area contributed by atoms with E-state index >= 15 is 0 Å². The fourth-order valence-corrected chi connectivity index (χ4v) is 3.54. The Morgan fingerprint density at radius 1 is 1.03 bits per heavy atom. The minimum atomic E-state index is -0.351. The second kappa shape index (κ2) is 7.81. The van der Waals surface area contributed by atoms with Gasteiger partial charge in [0.15, 0.2) is 0 Å². The summed E-state index contributed by atoms with van der Waals surface area (Å²) in [5.41, 5.74) is 1.84. The molecule has 4 aromatic rings. The van der Waals surface area contributed by atoms with Crippen LogP contribution in [0.1, 0.15) is 24.4 Å². The number of nitrogens with zero attached hydrogens (tertiary/aromatic N) is 4. The van der Waals surface area contributed by atoms with Crippen LogP contribution in [0.25, 0.3) is 16.6 Å². The Hall–Kier alpha value is -2.96. The van der Waals surface area contributed by atoms with E-state index in [9.17, 15) is 4.79 Å². The summed E-state index contributed by atoms with van der Waals surface area (Å²) >= 11 is 12.3. The van der Waals surface area contributed by atoms with E-state index < -0.39 is 0 Å². The summed E-state index contributed by atoms with van der Waals surface area (Å²) in [5.74, 6) is 1.11. The number of hydrogen-bond acceptors (Lipinski definition) is 5. The zero-order valence-corrected chi connectivity index (χ0v) is 17.2. The Labute approximate surface area is 177 Å². The highest BCUT2D eigenvalue weighted by atomic mass is 35.5. The second-order valence-corrected chi connectivity index (χ2v) is 7.36. The number of fused-ring (bicyclic) bond motifs is 1. The average molecular weight is 426 g/mol. The zero-order chi connectivity index (χ0) is 20.5. The SMILES string of the molecule is Cc1cnc(Cl)nc1NC(C)c1nc2cccc(Cl)c2c(=O)n1-c1ccccc1. The molecule has 0 saturated heterocycles. The Bertz CT molecular complexity index is 1260. The predicted octanol–water partition coefficient (Wildman–Crippen LogP) is 4.96. The molecule has 0 spiro atoms. The molecule has 0 aliphatic heterocycles. The highest BCUT2D eigenvalue weighted by molar-refractivity contribution is 6.35. The number of halogens is 2. The molecule has 6 nitrogen and oxygen atoms in total. The van der Waals surface area contributed by atoms with Gasteiger partial charge in [-0.15, -0.1) is 0 Å². The molecule has 0 bridgehead atoms. The normalized spacial score (nSPS) is 12.1. The summed E-state index contributed by atoms with van der Waals surface area (Å²) in [5, 5.41) is 4.19. The van der Waals surface area contributed by atoms with Gasteiger partial charge in [0.05, 0.1) is 27.7 Å². The number of rotatable bonds is 4. The van der Waals surface area contributed by atoms with Crippen molar-refractivity contribution in [1.29, 1.82) is 0 Å². The fraction of sp³-hybridized carbons (Fsp3) is 0.143. The first kappa shape index (κ1) is 19.4. The van der Waals surface area contributed by atoms with E-state index in [0.717, 1.165) is 5.56 Å². The van der Waals surface area contributed by atoms with Gasteiger partial charge in [-0.1, -0.05) is 35.9 Å². The first-order valence-electron chi connectivity index (χ1n) is 8.98. The van der Waals surface area contributed by atoms with Gasteiger partial charge in [-0.05, 0) is 49.7 Å².